The molecule has 162 valence electrons. The zero-order valence-electron chi connectivity index (χ0n) is 17.1. The predicted octanol–water partition coefficient (Wildman–Crippen LogP) is 0.683. The van der Waals surface area contributed by atoms with Gasteiger partial charge in [-0.1, -0.05) is 24.3 Å². The number of carbonyl (C=O) groups excluding carboxylic acids is 3. The summed E-state index contributed by atoms with van der Waals surface area (Å²) in [4.78, 5) is 38.0. The van der Waals surface area contributed by atoms with Crippen molar-refractivity contribution < 1.29 is 24.2 Å². The van der Waals surface area contributed by atoms with Gasteiger partial charge in [0.1, 0.15) is 12.6 Å². The number of allylic oxidation sites excluding steroid dienone is 2. The summed E-state index contributed by atoms with van der Waals surface area (Å²) in [6.45, 7) is 1.97. The van der Waals surface area contributed by atoms with Crippen LogP contribution in [0.1, 0.15) is 24.0 Å². The molecule has 2 heterocycles. The molecule has 1 atom stereocenters. The average Bonchev–Trinajstić information content (AvgIpc) is 3.18. The Morgan fingerprint density at radius 1 is 1.13 bits per heavy atom. The number of hydrogen-bond donors (Lipinski definition) is 3. The Hall–Kier alpha value is -3.23. The molecule has 1 fully saturated rings. The van der Waals surface area contributed by atoms with E-state index in [1.54, 1.807) is 6.08 Å². The minimum Gasteiger partial charge on any atom is -0.484 e. The van der Waals surface area contributed by atoms with Gasteiger partial charge in [0, 0.05) is 37.8 Å². The number of ether oxygens (including phenoxy) is 1. The molecule has 2 amide bonds. The van der Waals surface area contributed by atoms with Crippen molar-refractivity contribution >= 4 is 17.6 Å². The Morgan fingerprint density at radius 2 is 1.90 bits per heavy atom. The van der Waals surface area contributed by atoms with E-state index < -0.39 is 6.04 Å². The van der Waals surface area contributed by atoms with Crippen molar-refractivity contribution in [3.8, 4) is 0 Å². The Kier molecular flexibility index (Phi) is 6.29. The molecule has 1 unspecified atom stereocenters. The first-order valence-electron chi connectivity index (χ1n) is 10.3. The number of carbonyl (C=O) groups is 3. The standard InChI is InChI=1S/C23H25N3O5/c27-10-9-24-11-15-1-3-16(4-2-15)14-31-22-18-13-26(12-17(18)5-7-20(22)28)19-6-8-21(29)25-23(19)30/h1-5,7,12,19,24,27H,6,8-11,13-14H2,(H,25,29,30). The molecule has 8 heteroatoms. The highest BCUT2D eigenvalue weighted by molar-refractivity contribution is 6.06. The minimum atomic E-state index is -0.431. The molecule has 2 aliphatic heterocycles. The quantitative estimate of drug-likeness (QED) is 0.417. The normalized spacial score (nSPS) is 20.7. The van der Waals surface area contributed by atoms with Gasteiger partial charge in [0.05, 0.1) is 6.61 Å². The fourth-order valence-electron chi connectivity index (χ4n) is 3.89. The lowest BCUT2D eigenvalue weighted by atomic mass is 10.00. The zero-order valence-corrected chi connectivity index (χ0v) is 17.1. The molecule has 1 aromatic rings. The lowest BCUT2D eigenvalue weighted by Gasteiger charge is -2.29. The number of ketones is 1. The summed E-state index contributed by atoms with van der Waals surface area (Å²) in [5, 5.41) is 14.3. The molecular formula is C23H25N3O5. The molecule has 1 saturated heterocycles. The number of imide groups is 1. The highest BCUT2D eigenvalue weighted by atomic mass is 16.5. The molecule has 0 bridgehead atoms. The van der Waals surface area contributed by atoms with Crippen LogP contribution < -0.4 is 10.6 Å². The number of aliphatic hydroxyl groups is 1. The van der Waals surface area contributed by atoms with Crippen molar-refractivity contribution in [2.45, 2.75) is 32.0 Å². The van der Waals surface area contributed by atoms with Gasteiger partial charge >= 0.3 is 0 Å². The van der Waals surface area contributed by atoms with Gasteiger partial charge in [0.25, 0.3) is 0 Å². The fraction of sp³-hybridized carbons (Fsp3) is 0.348. The van der Waals surface area contributed by atoms with Crippen LogP contribution in [0.25, 0.3) is 0 Å². The van der Waals surface area contributed by atoms with E-state index in [2.05, 4.69) is 10.6 Å². The van der Waals surface area contributed by atoms with Crippen molar-refractivity contribution in [2.24, 2.45) is 0 Å². The van der Waals surface area contributed by atoms with Gasteiger partial charge in [-0.2, -0.15) is 0 Å². The summed E-state index contributed by atoms with van der Waals surface area (Å²) < 4.78 is 5.92. The Bertz CT molecular complexity index is 977. The summed E-state index contributed by atoms with van der Waals surface area (Å²) in [5.74, 6) is -0.447. The molecule has 0 radical (unpaired) electrons. The van der Waals surface area contributed by atoms with Gasteiger partial charge in [0.15, 0.2) is 5.76 Å². The SMILES string of the molecule is O=C1CCC(N2C=C3C=CC(=O)C(OCc4ccc(CNCCO)cc4)=C3C2)C(=O)N1. The second-order valence-corrected chi connectivity index (χ2v) is 7.73. The maximum atomic E-state index is 12.5. The van der Waals surface area contributed by atoms with Crippen molar-refractivity contribution in [2.75, 3.05) is 19.7 Å². The Morgan fingerprint density at radius 3 is 2.65 bits per heavy atom. The maximum absolute atomic E-state index is 12.5. The molecule has 1 aromatic carbocycles. The van der Waals surface area contributed by atoms with Crippen molar-refractivity contribution in [1.29, 1.82) is 0 Å². The van der Waals surface area contributed by atoms with Crippen molar-refractivity contribution in [3.63, 3.8) is 0 Å². The van der Waals surface area contributed by atoms with E-state index in [0.29, 0.717) is 38.2 Å². The fourth-order valence-corrected chi connectivity index (χ4v) is 3.89. The van der Waals surface area contributed by atoms with E-state index in [0.717, 1.165) is 22.3 Å². The second-order valence-electron chi connectivity index (χ2n) is 7.73. The molecule has 8 nitrogen and oxygen atoms in total. The van der Waals surface area contributed by atoms with E-state index in [1.807, 2.05) is 35.4 Å². The van der Waals surface area contributed by atoms with Crippen molar-refractivity contribution in [1.82, 2.24) is 15.5 Å². The average molecular weight is 423 g/mol. The second kappa shape index (κ2) is 9.28. The summed E-state index contributed by atoms with van der Waals surface area (Å²) in [7, 11) is 0. The van der Waals surface area contributed by atoms with Crippen LogP contribution in [0.2, 0.25) is 0 Å². The molecule has 31 heavy (non-hydrogen) atoms. The largest absolute Gasteiger partial charge is 0.484 e. The van der Waals surface area contributed by atoms with Crippen LogP contribution in [-0.2, 0) is 32.3 Å². The van der Waals surface area contributed by atoms with E-state index in [4.69, 9.17) is 9.84 Å². The van der Waals surface area contributed by atoms with Crippen LogP contribution in [0.5, 0.6) is 0 Å². The van der Waals surface area contributed by atoms with E-state index in [-0.39, 0.29) is 30.8 Å². The van der Waals surface area contributed by atoms with Gasteiger partial charge in [-0.05, 0) is 35.3 Å². The number of fused-ring (bicyclic) bond motifs is 1. The first-order chi connectivity index (χ1) is 15.0. The lowest BCUT2D eigenvalue weighted by molar-refractivity contribution is -0.136. The van der Waals surface area contributed by atoms with Gasteiger partial charge in [-0.25, -0.2) is 0 Å². The number of hydrogen-bond acceptors (Lipinski definition) is 7. The third-order valence-electron chi connectivity index (χ3n) is 5.54. The molecular weight excluding hydrogens is 398 g/mol. The van der Waals surface area contributed by atoms with Crippen LogP contribution in [0.3, 0.4) is 0 Å². The number of rotatable bonds is 8. The Labute approximate surface area is 180 Å². The molecule has 3 aliphatic rings. The van der Waals surface area contributed by atoms with Crippen LogP contribution >= 0.6 is 0 Å². The summed E-state index contributed by atoms with van der Waals surface area (Å²) in [5.41, 5.74) is 3.65. The number of aliphatic hydroxyl groups excluding tert-OH is 1. The highest BCUT2D eigenvalue weighted by Gasteiger charge is 2.36. The van der Waals surface area contributed by atoms with E-state index in [1.165, 1.54) is 6.08 Å². The number of piperidine rings is 1. The number of amides is 2. The van der Waals surface area contributed by atoms with Crippen LogP contribution in [0.15, 0.2) is 59.5 Å². The van der Waals surface area contributed by atoms with Gasteiger partial charge < -0.3 is 20.1 Å². The first kappa shape index (κ1) is 21.0. The van der Waals surface area contributed by atoms with Gasteiger partial charge in [-0.3, -0.25) is 19.7 Å². The third kappa shape index (κ3) is 4.76. The zero-order chi connectivity index (χ0) is 21.8. The first-order valence-corrected chi connectivity index (χ1v) is 10.3. The van der Waals surface area contributed by atoms with Crippen LogP contribution in [-0.4, -0.2) is 53.3 Å². The number of nitrogens with one attached hydrogen (secondary N) is 2. The molecule has 0 saturated carbocycles. The molecule has 1 aliphatic carbocycles. The number of benzene rings is 1. The maximum Gasteiger partial charge on any atom is 0.249 e. The molecule has 0 spiro atoms. The third-order valence-corrected chi connectivity index (χ3v) is 5.54. The molecule has 3 N–H and O–H groups in total. The van der Waals surface area contributed by atoms with E-state index in [9.17, 15) is 14.4 Å². The minimum absolute atomic E-state index is 0.100. The monoisotopic (exact) mass is 423 g/mol. The smallest absolute Gasteiger partial charge is 0.249 e. The summed E-state index contributed by atoms with van der Waals surface area (Å²) in [6, 6.07) is 7.43. The van der Waals surface area contributed by atoms with Gasteiger partial charge in [-0.15, -0.1) is 0 Å². The molecule has 0 aromatic heterocycles. The highest BCUT2D eigenvalue weighted by Crippen LogP contribution is 2.32. The summed E-state index contributed by atoms with van der Waals surface area (Å²) >= 11 is 0. The number of nitrogens with zero attached hydrogens (tertiary/aromatic N) is 1. The van der Waals surface area contributed by atoms with E-state index >= 15 is 0 Å². The lowest BCUT2D eigenvalue weighted by Crippen LogP contribution is -2.50. The topological polar surface area (TPSA) is 108 Å². The Balaban J connectivity index is 1.42. The van der Waals surface area contributed by atoms with Gasteiger partial charge in [0.2, 0.25) is 17.6 Å². The molecule has 4 rings (SSSR count). The van der Waals surface area contributed by atoms with Crippen LogP contribution in [0, 0.1) is 0 Å². The summed E-state index contributed by atoms with van der Waals surface area (Å²) in [6.07, 6.45) is 5.84. The van der Waals surface area contributed by atoms with Crippen molar-refractivity contribution in [3.05, 3.63) is 70.6 Å². The predicted molar refractivity (Wildman–Crippen MR) is 112 cm³/mol. The van der Waals surface area contributed by atoms with Crippen LogP contribution in [0.4, 0.5) is 0 Å².